The van der Waals surface area contributed by atoms with Gasteiger partial charge in [-0.15, -0.1) is 0 Å². The van der Waals surface area contributed by atoms with Gasteiger partial charge in [0.15, 0.2) is 0 Å². The number of carbonyl (C=O) groups excluding carboxylic acids is 1. The van der Waals surface area contributed by atoms with Gasteiger partial charge in [-0.3, -0.25) is 10.1 Å². The molecule has 7 nitrogen and oxygen atoms in total. The smallest absolute Gasteiger partial charge is 0.340 e. The van der Waals surface area contributed by atoms with Gasteiger partial charge < -0.3 is 15.2 Å². The number of ether oxygens (including phenoxy) is 2. The summed E-state index contributed by atoms with van der Waals surface area (Å²) in [6.45, 7) is 4.27. The number of non-ortho nitro benzene ring substituents is 1. The third kappa shape index (κ3) is 4.22. The predicted molar refractivity (Wildman–Crippen MR) is 68.9 cm³/mol. The fourth-order valence-corrected chi connectivity index (χ4v) is 1.40. The molecular formula is C12H16N2O5. The summed E-state index contributed by atoms with van der Waals surface area (Å²) in [5, 5.41) is 10.6. The number of benzene rings is 1. The van der Waals surface area contributed by atoms with Gasteiger partial charge in [-0.1, -0.05) is 0 Å². The second kappa shape index (κ2) is 6.69. The van der Waals surface area contributed by atoms with E-state index >= 15 is 0 Å². The SMILES string of the molecule is CCOCC(C)OC(=O)c1cc([N+](=O)[O-])ccc1N. The molecular weight excluding hydrogens is 252 g/mol. The molecule has 0 aliphatic carbocycles. The normalized spacial score (nSPS) is 11.9. The minimum Gasteiger partial charge on any atom is -0.457 e. The molecule has 1 rings (SSSR count). The number of esters is 1. The van der Waals surface area contributed by atoms with E-state index < -0.39 is 17.0 Å². The van der Waals surface area contributed by atoms with E-state index in [1.807, 2.05) is 6.92 Å². The molecule has 1 aromatic carbocycles. The highest BCUT2D eigenvalue weighted by atomic mass is 16.6. The Kier molecular flexibility index (Phi) is 5.25. The largest absolute Gasteiger partial charge is 0.457 e. The van der Waals surface area contributed by atoms with Crippen molar-refractivity contribution in [3.8, 4) is 0 Å². The van der Waals surface area contributed by atoms with Crippen molar-refractivity contribution in [2.45, 2.75) is 20.0 Å². The quantitative estimate of drug-likeness (QED) is 0.365. The van der Waals surface area contributed by atoms with Crippen LogP contribution in [0.2, 0.25) is 0 Å². The van der Waals surface area contributed by atoms with Gasteiger partial charge in [-0.25, -0.2) is 4.79 Å². The number of nitrogen functional groups attached to an aromatic ring is 1. The summed E-state index contributed by atoms with van der Waals surface area (Å²) in [5.41, 5.74) is 5.52. The highest BCUT2D eigenvalue weighted by Crippen LogP contribution is 2.20. The number of hydrogen-bond donors (Lipinski definition) is 1. The van der Waals surface area contributed by atoms with Crippen molar-refractivity contribution in [3.63, 3.8) is 0 Å². The Labute approximate surface area is 110 Å². The summed E-state index contributed by atoms with van der Waals surface area (Å²) in [6.07, 6.45) is -0.453. The molecule has 0 aromatic heterocycles. The van der Waals surface area contributed by atoms with Gasteiger partial charge in [-0.2, -0.15) is 0 Å². The number of carbonyl (C=O) groups is 1. The molecule has 0 fully saturated rings. The predicted octanol–water partition coefficient (Wildman–Crippen LogP) is 1.76. The van der Waals surface area contributed by atoms with Gasteiger partial charge in [0.2, 0.25) is 0 Å². The monoisotopic (exact) mass is 268 g/mol. The van der Waals surface area contributed by atoms with Gasteiger partial charge in [0.25, 0.3) is 5.69 Å². The van der Waals surface area contributed by atoms with Crippen molar-refractivity contribution in [3.05, 3.63) is 33.9 Å². The molecule has 1 unspecified atom stereocenters. The second-order valence-corrected chi connectivity index (χ2v) is 3.90. The highest BCUT2D eigenvalue weighted by molar-refractivity contribution is 5.95. The van der Waals surface area contributed by atoms with Crippen molar-refractivity contribution in [1.82, 2.24) is 0 Å². The first kappa shape index (κ1) is 14.9. The van der Waals surface area contributed by atoms with Crippen LogP contribution in [0.25, 0.3) is 0 Å². The van der Waals surface area contributed by atoms with Crippen molar-refractivity contribution < 1.29 is 19.2 Å². The number of nitrogens with two attached hydrogens (primary N) is 1. The van der Waals surface area contributed by atoms with Gasteiger partial charge in [-0.05, 0) is 19.9 Å². The van der Waals surface area contributed by atoms with Crippen molar-refractivity contribution in [1.29, 1.82) is 0 Å². The Hall–Kier alpha value is -2.15. The van der Waals surface area contributed by atoms with Crippen LogP contribution in [0.1, 0.15) is 24.2 Å². The van der Waals surface area contributed by atoms with Crippen molar-refractivity contribution >= 4 is 17.3 Å². The third-order valence-electron chi connectivity index (χ3n) is 2.33. The minimum atomic E-state index is -0.701. The zero-order valence-corrected chi connectivity index (χ0v) is 10.8. The Balaban J connectivity index is 2.81. The van der Waals surface area contributed by atoms with Gasteiger partial charge in [0.05, 0.1) is 17.1 Å². The molecule has 104 valence electrons. The van der Waals surface area contributed by atoms with Crippen LogP contribution in [0, 0.1) is 10.1 Å². The summed E-state index contributed by atoms with van der Waals surface area (Å²) < 4.78 is 10.2. The van der Waals surface area contributed by atoms with Crippen LogP contribution in [-0.4, -0.2) is 30.2 Å². The average Bonchev–Trinajstić information content (AvgIpc) is 2.36. The van der Waals surface area contributed by atoms with Gasteiger partial charge in [0, 0.05) is 24.4 Å². The Bertz CT molecular complexity index is 475. The summed E-state index contributed by atoms with van der Waals surface area (Å²) in [6, 6.07) is 3.64. The molecule has 0 amide bonds. The first-order valence-electron chi connectivity index (χ1n) is 5.78. The maximum atomic E-state index is 11.8. The fraction of sp³-hybridized carbons (Fsp3) is 0.417. The molecule has 0 spiro atoms. The number of nitrogens with zero attached hydrogens (tertiary/aromatic N) is 1. The van der Waals surface area contributed by atoms with E-state index in [-0.39, 0.29) is 23.5 Å². The average molecular weight is 268 g/mol. The lowest BCUT2D eigenvalue weighted by Gasteiger charge is -2.13. The number of anilines is 1. The molecule has 19 heavy (non-hydrogen) atoms. The van der Waals surface area contributed by atoms with Crippen LogP contribution >= 0.6 is 0 Å². The molecule has 0 radical (unpaired) electrons. The van der Waals surface area contributed by atoms with Crippen LogP contribution < -0.4 is 5.73 Å². The molecule has 1 aromatic rings. The molecule has 2 N–H and O–H groups in total. The van der Waals surface area contributed by atoms with Crippen LogP contribution in [0.3, 0.4) is 0 Å². The number of rotatable bonds is 6. The van der Waals surface area contributed by atoms with E-state index in [1.165, 1.54) is 12.1 Å². The van der Waals surface area contributed by atoms with E-state index in [0.717, 1.165) is 6.07 Å². The molecule has 0 bridgehead atoms. The molecule has 0 saturated heterocycles. The Morgan fingerprint density at radius 3 is 2.79 bits per heavy atom. The van der Waals surface area contributed by atoms with E-state index in [9.17, 15) is 14.9 Å². The fourth-order valence-electron chi connectivity index (χ4n) is 1.40. The van der Waals surface area contributed by atoms with Gasteiger partial charge >= 0.3 is 5.97 Å². The van der Waals surface area contributed by atoms with Crippen molar-refractivity contribution in [2.75, 3.05) is 18.9 Å². The number of nitro groups is 1. The van der Waals surface area contributed by atoms with Crippen LogP contribution in [0.4, 0.5) is 11.4 Å². The van der Waals surface area contributed by atoms with Crippen LogP contribution in [-0.2, 0) is 9.47 Å². The van der Waals surface area contributed by atoms with Crippen LogP contribution in [0.15, 0.2) is 18.2 Å². The lowest BCUT2D eigenvalue weighted by atomic mass is 10.1. The Morgan fingerprint density at radius 2 is 2.21 bits per heavy atom. The lowest BCUT2D eigenvalue weighted by molar-refractivity contribution is -0.384. The second-order valence-electron chi connectivity index (χ2n) is 3.90. The summed E-state index contributed by atoms with van der Waals surface area (Å²) in [4.78, 5) is 21.9. The summed E-state index contributed by atoms with van der Waals surface area (Å²) >= 11 is 0. The van der Waals surface area contributed by atoms with E-state index in [2.05, 4.69) is 0 Å². The minimum absolute atomic E-state index is 0.0162. The van der Waals surface area contributed by atoms with E-state index in [1.54, 1.807) is 6.92 Å². The van der Waals surface area contributed by atoms with Gasteiger partial charge in [0.1, 0.15) is 6.10 Å². The Morgan fingerprint density at radius 1 is 1.53 bits per heavy atom. The third-order valence-corrected chi connectivity index (χ3v) is 2.33. The number of hydrogen-bond acceptors (Lipinski definition) is 6. The first-order valence-corrected chi connectivity index (χ1v) is 5.78. The summed E-state index contributed by atoms with van der Waals surface area (Å²) in [7, 11) is 0. The maximum Gasteiger partial charge on any atom is 0.340 e. The molecule has 1 atom stereocenters. The van der Waals surface area contributed by atoms with Crippen molar-refractivity contribution in [2.24, 2.45) is 0 Å². The first-order chi connectivity index (χ1) is 8.95. The summed E-state index contributed by atoms with van der Waals surface area (Å²) in [5.74, 6) is -0.701. The zero-order chi connectivity index (χ0) is 14.4. The lowest BCUT2D eigenvalue weighted by Crippen LogP contribution is -2.21. The number of nitro benzene ring substituents is 1. The highest BCUT2D eigenvalue weighted by Gasteiger charge is 2.18. The standard InChI is InChI=1S/C12H16N2O5/c1-3-18-7-8(2)19-12(15)10-6-9(14(16)17)4-5-11(10)13/h4-6,8H,3,7,13H2,1-2H3. The molecule has 0 saturated carbocycles. The molecule has 0 aliphatic heterocycles. The van der Waals surface area contributed by atoms with Crippen LogP contribution in [0.5, 0.6) is 0 Å². The molecule has 0 heterocycles. The molecule has 7 heteroatoms. The van der Waals surface area contributed by atoms with E-state index in [4.69, 9.17) is 15.2 Å². The zero-order valence-electron chi connectivity index (χ0n) is 10.8. The molecule has 0 aliphatic rings. The van der Waals surface area contributed by atoms with E-state index in [0.29, 0.717) is 6.61 Å². The maximum absolute atomic E-state index is 11.8. The topological polar surface area (TPSA) is 105 Å².